The number of pyridine rings is 1. The average Bonchev–Trinajstić information content (AvgIpc) is 2.87. The third kappa shape index (κ3) is 6.62. The number of H-pyrrole nitrogens is 1. The first-order valence-electron chi connectivity index (χ1n) is 11.7. The van der Waals surface area contributed by atoms with E-state index >= 15 is 0 Å². The molecule has 6 nitrogen and oxygen atoms in total. The van der Waals surface area contributed by atoms with Crippen molar-refractivity contribution in [3.63, 3.8) is 0 Å². The van der Waals surface area contributed by atoms with Crippen LogP contribution in [0.1, 0.15) is 55.0 Å². The molecule has 192 valence electrons. The zero-order valence-corrected chi connectivity index (χ0v) is 22.6. The van der Waals surface area contributed by atoms with Crippen LogP contribution in [0.15, 0.2) is 53.5 Å². The number of nitrogens with one attached hydrogen (secondary N) is 1. The van der Waals surface area contributed by atoms with E-state index in [4.69, 9.17) is 37.4 Å². The molecule has 0 aliphatic rings. The van der Waals surface area contributed by atoms with Crippen LogP contribution in [0, 0.1) is 5.92 Å². The van der Waals surface area contributed by atoms with Crippen LogP contribution in [0.25, 0.3) is 0 Å². The largest absolute Gasteiger partial charge is 0.493 e. The zero-order chi connectivity index (χ0) is 26.4. The van der Waals surface area contributed by atoms with Crippen LogP contribution in [-0.4, -0.2) is 25.2 Å². The lowest BCUT2D eigenvalue weighted by atomic mass is 9.96. The quantitative estimate of drug-likeness (QED) is 0.301. The molecule has 0 saturated carbocycles. The molecule has 0 saturated heterocycles. The summed E-state index contributed by atoms with van der Waals surface area (Å²) in [5.74, 6) is 0.639. The number of aromatic amines is 1. The monoisotopic (exact) mass is 531 g/mol. The SMILES string of the molecule is COc1ccc([C@H](Cc2c(Cl)c[nH]c(=O)c2Cl)OC(=O)[C@@H](C)c2ccc(CC(C)C)cc2)cc1OC. The Kier molecular flexibility index (Phi) is 9.46. The van der Waals surface area contributed by atoms with Gasteiger partial charge in [0.15, 0.2) is 11.5 Å². The van der Waals surface area contributed by atoms with Crippen LogP contribution in [0.5, 0.6) is 11.5 Å². The maximum atomic E-state index is 13.3. The summed E-state index contributed by atoms with van der Waals surface area (Å²) < 4.78 is 16.8. The fourth-order valence-corrected chi connectivity index (χ4v) is 4.47. The van der Waals surface area contributed by atoms with Crippen molar-refractivity contribution in [2.24, 2.45) is 5.92 Å². The molecular formula is C28H31Cl2NO5. The lowest BCUT2D eigenvalue weighted by molar-refractivity contribution is -0.150. The fraction of sp³-hybridized carbons (Fsp3) is 0.357. The van der Waals surface area contributed by atoms with Crippen LogP contribution < -0.4 is 15.0 Å². The standard InChI is InChI=1S/C28H31Cl2NO5/c1-16(2)12-18-6-8-19(9-7-18)17(3)28(33)36-24(14-21-22(29)15-31-27(32)26(21)30)20-10-11-23(34-4)25(13-20)35-5/h6-11,13,15-17,24H,12,14H2,1-5H3,(H,31,32)/t17-,24-/m0/s1. The van der Waals surface area contributed by atoms with Gasteiger partial charge in [-0.2, -0.15) is 0 Å². The molecule has 3 aromatic rings. The molecule has 0 fully saturated rings. The van der Waals surface area contributed by atoms with E-state index in [9.17, 15) is 9.59 Å². The van der Waals surface area contributed by atoms with Crippen molar-refractivity contribution in [1.82, 2.24) is 4.98 Å². The second kappa shape index (κ2) is 12.3. The van der Waals surface area contributed by atoms with Gasteiger partial charge < -0.3 is 19.2 Å². The molecule has 3 rings (SSSR count). The lowest BCUT2D eigenvalue weighted by Gasteiger charge is -2.23. The number of hydrogen-bond donors (Lipinski definition) is 1. The third-order valence-electron chi connectivity index (χ3n) is 5.99. The van der Waals surface area contributed by atoms with Crippen molar-refractivity contribution in [3.05, 3.63) is 91.3 Å². The summed E-state index contributed by atoms with van der Waals surface area (Å²) in [6.07, 6.45) is 1.66. The number of hydrogen-bond acceptors (Lipinski definition) is 5. The van der Waals surface area contributed by atoms with Gasteiger partial charge >= 0.3 is 5.97 Å². The molecule has 2 atom stereocenters. The Morgan fingerprint density at radius 2 is 1.56 bits per heavy atom. The van der Waals surface area contributed by atoms with Gasteiger partial charge in [-0.25, -0.2) is 0 Å². The van der Waals surface area contributed by atoms with E-state index in [1.54, 1.807) is 32.2 Å². The van der Waals surface area contributed by atoms with E-state index in [0.717, 1.165) is 12.0 Å². The Hall–Kier alpha value is -2.96. The topological polar surface area (TPSA) is 77.6 Å². The molecule has 0 bridgehead atoms. The van der Waals surface area contributed by atoms with E-state index in [1.165, 1.54) is 18.9 Å². The zero-order valence-electron chi connectivity index (χ0n) is 21.1. The summed E-state index contributed by atoms with van der Waals surface area (Å²) in [5, 5.41) is 0.229. The molecule has 0 aliphatic heterocycles. The first kappa shape index (κ1) is 27.6. The number of esters is 1. The number of halogens is 2. The second-order valence-electron chi connectivity index (χ2n) is 9.06. The van der Waals surface area contributed by atoms with Gasteiger partial charge in [-0.05, 0) is 48.1 Å². The fourth-order valence-electron chi connectivity index (χ4n) is 3.97. The van der Waals surface area contributed by atoms with Crippen molar-refractivity contribution in [2.75, 3.05) is 14.2 Å². The number of ether oxygens (including phenoxy) is 3. The highest BCUT2D eigenvalue weighted by atomic mass is 35.5. The molecule has 8 heteroatoms. The molecule has 36 heavy (non-hydrogen) atoms. The Balaban J connectivity index is 1.93. The van der Waals surface area contributed by atoms with Gasteiger partial charge in [0.2, 0.25) is 0 Å². The highest BCUT2D eigenvalue weighted by Gasteiger charge is 2.26. The normalized spacial score (nSPS) is 12.8. The molecule has 0 aliphatic carbocycles. The highest BCUT2D eigenvalue weighted by Crippen LogP contribution is 2.35. The van der Waals surface area contributed by atoms with Crippen molar-refractivity contribution < 1.29 is 19.0 Å². The van der Waals surface area contributed by atoms with Crippen molar-refractivity contribution >= 4 is 29.2 Å². The maximum Gasteiger partial charge on any atom is 0.313 e. The van der Waals surface area contributed by atoms with Crippen LogP contribution >= 0.6 is 23.2 Å². The predicted molar refractivity (Wildman–Crippen MR) is 143 cm³/mol. The number of rotatable bonds is 10. The van der Waals surface area contributed by atoms with Gasteiger partial charge in [0.05, 0.1) is 25.2 Å². The number of carbonyl (C=O) groups excluding carboxylic acids is 1. The predicted octanol–water partition coefficient (Wildman–Crippen LogP) is 6.53. The third-order valence-corrected chi connectivity index (χ3v) is 6.72. The van der Waals surface area contributed by atoms with Gasteiger partial charge in [0.1, 0.15) is 11.1 Å². The average molecular weight is 532 g/mol. The van der Waals surface area contributed by atoms with E-state index in [1.807, 2.05) is 24.3 Å². The van der Waals surface area contributed by atoms with Gasteiger partial charge in [-0.15, -0.1) is 0 Å². The van der Waals surface area contributed by atoms with E-state index in [-0.39, 0.29) is 16.5 Å². The Labute approximate surface area is 221 Å². The molecule has 1 N–H and O–H groups in total. The maximum absolute atomic E-state index is 13.3. The number of methoxy groups -OCH3 is 2. The first-order valence-corrected chi connectivity index (χ1v) is 12.5. The minimum atomic E-state index is -0.781. The number of carbonyl (C=O) groups is 1. The minimum absolute atomic E-state index is 0.0437. The minimum Gasteiger partial charge on any atom is -0.493 e. The highest BCUT2D eigenvalue weighted by molar-refractivity contribution is 6.35. The van der Waals surface area contributed by atoms with Gasteiger partial charge in [0, 0.05) is 18.2 Å². The Bertz CT molecular complexity index is 1250. The van der Waals surface area contributed by atoms with Gasteiger partial charge in [-0.1, -0.05) is 67.4 Å². The summed E-state index contributed by atoms with van der Waals surface area (Å²) in [6.45, 7) is 6.14. The molecular weight excluding hydrogens is 501 g/mol. The summed E-state index contributed by atoms with van der Waals surface area (Å²) in [6, 6.07) is 13.2. The van der Waals surface area contributed by atoms with Crippen LogP contribution in [0.3, 0.4) is 0 Å². The first-order chi connectivity index (χ1) is 17.1. The summed E-state index contributed by atoms with van der Waals surface area (Å²) in [7, 11) is 3.07. The second-order valence-corrected chi connectivity index (χ2v) is 9.85. The van der Waals surface area contributed by atoms with E-state index < -0.39 is 23.6 Å². The van der Waals surface area contributed by atoms with Crippen molar-refractivity contribution in [3.8, 4) is 11.5 Å². The number of aromatic nitrogens is 1. The van der Waals surface area contributed by atoms with Crippen molar-refractivity contribution in [1.29, 1.82) is 0 Å². The summed E-state index contributed by atoms with van der Waals surface area (Å²) >= 11 is 12.6. The van der Waals surface area contributed by atoms with E-state index in [0.29, 0.717) is 28.5 Å². The Morgan fingerprint density at radius 1 is 0.917 bits per heavy atom. The van der Waals surface area contributed by atoms with Gasteiger partial charge in [0.25, 0.3) is 5.56 Å². The number of benzene rings is 2. The van der Waals surface area contributed by atoms with Crippen LogP contribution in [0.4, 0.5) is 0 Å². The molecule has 0 unspecified atom stereocenters. The lowest BCUT2D eigenvalue weighted by Crippen LogP contribution is -2.20. The van der Waals surface area contributed by atoms with Gasteiger partial charge in [-0.3, -0.25) is 9.59 Å². The molecule has 0 spiro atoms. The van der Waals surface area contributed by atoms with E-state index in [2.05, 4.69) is 18.8 Å². The molecule has 1 heterocycles. The summed E-state index contributed by atoms with van der Waals surface area (Å²) in [4.78, 5) is 27.9. The molecule has 0 amide bonds. The van der Waals surface area contributed by atoms with Crippen LogP contribution in [-0.2, 0) is 22.4 Å². The smallest absolute Gasteiger partial charge is 0.313 e. The van der Waals surface area contributed by atoms with Crippen molar-refractivity contribution in [2.45, 2.75) is 45.6 Å². The molecule has 0 radical (unpaired) electrons. The summed E-state index contributed by atoms with van der Waals surface area (Å²) in [5.41, 5.74) is 2.64. The molecule has 2 aromatic carbocycles. The van der Waals surface area contributed by atoms with Crippen LogP contribution in [0.2, 0.25) is 10.0 Å². The Morgan fingerprint density at radius 3 is 2.17 bits per heavy atom. The molecule has 1 aromatic heterocycles.